The van der Waals surface area contributed by atoms with Crippen LogP contribution < -0.4 is 5.32 Å². The number of anilines is 1. The van der Waals surface area contributed by atoms with Crippen LogP contribution in [0.5, 0.6) is 0 Å². The predicted octanol–water partition coefficient (Wildman–Crippen LogP) is 3.37. The molecule has 7 nitrogen and oxygen atoms in total. The van der Waals surface area contributed by atoms with E-state index in [-0.39, 0.29) is 11.5 Å². The molecule has 0 aliphatic heterocycles. The molecule has 1 amide bonds. The molecule has 0 atom stereocenters. The van der Waals surface area contributed by atoms with E-state index in [2.05, 4.69) is 20.6 Å². The fraction of sp³-hybridized carbons (Fsp3) is 0.0526. The first-order valence-corrected chi connectivity index (χ1v) is 8.13. The number of nitrogens with zero attached hydrogens (tertiary/aromatic N) is 4. The Balaban J connectivity index is 1.43. The summed E-state index contributed by atoms with van der Waals surface area (Å²) in [7, 11) is 0. The van der Waals surface area contributed by atoms with Gasteiger partial charge in [0.2, 0.25) is 0 Å². The molecule has 0 aliphatic rings. The maximum Gasteiger partial charge on any atom is 0.277 e. The summed E-state index contributed by atoms with van der Waals surface area (Å²) in [5, 5.41) is 10.7. The molecule has 1 N–H and O–H groups in total. The van der Waals surface area contributed by atoms with E-state index < -0.39 is 5.91 Å². The van der Waals surface area contributed by atoms with Crippen molar-refractivity contribution in [2.75, 3.05) is 5.32 Å². The topological polar surface area (TPSA) is 85.8 Å². The van der Waals surface area contributed by atoms with Gasteiger partial charge in [0.05, 0.1) is 18.4 Å². The molecule has 0 bridgehead atoms. The first-order valence-electron chi connectivity index (χ1n) is 8.13. The first kappa shape index (κ1) is 16.6. The molecule has 4 rings (SSSR count). The molecule has 0 fully saturated rings. The van der Waals surface area contributed by atoms with Gasteiger partial charge in [-0.1, -0.05) is 17.3 Å². The fourth-order valence-corrected chi connectivity index (χ4v) is 2.57. The molecular formula is C19H14FN5O2. The number of pyridine rings is 1. The number of amides is 1. The molecule has 0 unspecified atom stereocenters. The van der Waals surface area contributed by atoms with Gasteiger partial charge in [-0.2, -0.15) is 5.10 Å². The summed E-state index contributed by atoms with van der Waals surface area (Å²) >= 11 is 0. The van der Waals surface area contributed by atoms with Crippen molar-refractivity contribution in [2.45, 2.75) is 6.54 Å². The lowest BCUT2D eigenvalue weighted by Gasteiger charge is -2.02. The third-order valence-electron chi connectivity index (χ3n) is 3.83. The molecule has 4 aromatic rings. The van der Waals surface area contributed by atoms with Crippen LogP contribution in [0.2, 0.25) is 0 Å². The SMILES string of the molecule is O=C(Nc1cnn(Cc2cccc(F)c2)c1)c1cc(-c2ccncc2)on1. The number of benzene rings is 1. The summed E-state index contributed by atoms with van der Waals surface area (Å²) in [6.07, 6.45) is 6.43. The van der Waals surface area contributed by atoms with Crippen LogP contribution in [0.4, 0.5) is 10.1 Å². The summed E-state index contributed by atoms with van der Waals surface area (Å²) in [4.78, 5) is 16.3. The summed E-state index contributed by atoms with van der Waals surface area (Å²) < 4.78 is 20.1. The van der Waals surface area contributed by atoms with E-state index in [1.807, 2.05) is 0 Å². The Morgan fingerprint density at radius 1 is 1.19 bits per heavy atom. The standard InChI is InChI=1S/C19H14FN5O2/c20-15-3-1-2-13(8-15)11-25-12-16(10-22-25)23-19(26)17-9-18(27-24-17)14-4-6-21-7-5-14/h1-10,12H,11H2,(H,23,26). The third kappa shape index (κ3) is 3.90. The van der Waals surface area contributed by atoms with E-state index in [1.54, 1.807) is 53.6 Å². The molecule has 3 heterocycles. The number of aromatic nitrogens is 4. The molecule has 1 aromatic carbocycles. The minimum absolute atomic E-state index is 0.152. The molecule has 0 spiro atoms. The minimum atomic E-state index is -0.413. The molecule has 8 heteroatoms. The largest absolute Gasteiger partial charge is 0.355 e. The summed E-state index contributed by atoms with van der Waals surface area (Å²) in [6, 6.07) is 11.4. The van der Waals surface area contributed by atoms with Gasteiger partial charge in [0.15, 0.2) is 11.5 Å². The predicted molar refractivity (Wildman–Crippen MR) is 95.4 cm³/mol. The average Bonchev–Trinajstić information content (AvgIpc) is 3.32. The minimum Gasteiger partial charge on any atom is -0.355 e. The summed E-state index contributed by atoms with van der Waals surface area (Å²) in [6.45, 7) is 0.393. The lowest BCUT2D eigenvalue weighted by atomic mass is 10.2. The lowest BCUT2D eigenvalue weighted by molar-refractivity contribution is 0.101. The van der Waals surface area contributed by atoms with Crippen molar-refractivity contribution in [3.05, 3.63) is 84.3 Å². The highest BCUT2D eigenvalue weighted by Gasteiger charge is 2.14. The zero-order valence-corrected chi connectivity index (χ0v) is 14.0. The Morgan fingerprint density at radius 2 is 2.04 bits per heavy atom. The molecule has 3 aromatic heterocycles. The zero-order chi connectivity index (χ0) is 18.6. The number of hydrogen-bond donors (Lipinski definition) is 1. The second kappa shape index (κ2) is 7.20. The van der Waals surface area contributed by atoms with Crippen LogP contribution in [0, 0.1) is 5.82 Å². The highest BCUT2D eigenvalue weighted by Crippen LogP contribution is 2.20. The van der Waals surface area contributed by atoms with Gasteiger partial charge in [0.1, 0.15) is 5.82 Å². The van der Waals surface area contributed by atoms with E-state index in [1.165, 1.54) is 18.3 Å². The Morgan fingerprint density at radius 3 is 2.85 bits per heavy atom. The quantitative estimate of drug-likeness (QED) is 0.587. The molecule has 0 saturated carbocycles. The van der Waals surface area contributed by atoms with Gasteiger partial charge in [0.25, 0.3) is 5.91 Å². The van der Waals surface area contributed by atoms with Crippen LogP contribution in [0.25, 0.3) is 11.3 Å². The van der Waals surface area contributed by atoms with Crippen molar-refractivity contribution in [1.29, 1.82) is 0 Å². The van der Waals surface area contributed by atoms with E-state index in [9.17, 15) is 9.18 Å². The number of carbonyl (C=O) groups excluding carboxylic acids is 1. The van der Waals surface area contributed by atoms with Crippen molar-refractivity contribution < 1.29 is 13.7 Å². The van der Waals surface area contributed by atoms with Crippen LogP contribution in [0.15, 0.2) is 71.8 Å². The normalized spacial score (nSPS) is 10.7. The lowest BCUT2D eigenvalue weighted by Crippen LogP contribution is -2.11. The number of rotatable bonds is 5. The van der Waals surface area contributed by atoms with E-state index >= 15 is 0 Å². The van der Waals surface area contributed by atoms with Crippen molar-refractivity contribution >= 4 is 11.6 Å². The number of halogens is 1. The first-order chi connectivity index (χ1) is 13.2. The van der Waals surface area contributed by atoms with Crippen molar-refractivity contribution in [2.24, 2.45) is 0 Å². The van der Waals surface area contributed by atoms with Crippen LogP contribution in [-0.4, -0.2) is 25.8 Å². The van der Waals surface area contributed by atoms with E-state index in [0.717, 1.165) is 11.1 Å². The molecule has 0 radical (unpaired) electrons. The van der Waals surface area contributed by atoms with Gasteiger partial charge in [-0.05, 0) is 29.8 Å². The van der Waals surface area contributed by atoms with Crippen molar-refractivity contribution in [1.82, 2.24) is 19.9 Å². The molecule has 0 saturated heterocycles. The van der Waals surface area contributed by atoms with Crippen LogP contribution in [0.1, 0.15) is 16.1 Å². The van der Waals surface area contributed by atoms with E-state index in [0.29, 0.717) is 18.0 Å². The maximum absolute atomic E-state index is 13.3. The third-order valence-corrected chi connectivity index (χ3v) is 3.83. The average molecular weight is 363 g/mol. The zero-order valence-electron chi connectivity index (χ0n) is 14.0. The number of nitrogens with one attached hydrogen (secondary N) is 1. The maximum atomic E-state index is 13.3. The molecule has 0 aliphatic carbocycles. The highest BCUT2D eigenvalue weighted by atomic mass is 19.1. The van der Waals surface area contributed by atoms with Gasteiger partial charge in [-0.3, -0.25) is 14.5 Å². The van der Waals surface area contributed by atoms with Crippen LogP contribution >= 0.6 is 0 Å². The Kier molecular flexibility index (Phi) is 4.44. The Bertz CT molecular complexity index is 1070. The number of carbonyl (C=O) groups is 1. The Labute approximate surface area is 153 Å². The summed E-state index contributed by atoms with van der Waals surface area (Å²) in [5.41, 5.74) is 2.21. The highest BCUT2D eigenvalue weighted by molar-refractivity contribution is 6.03. The van der Waals surface area contributed by atoms with Gasteiger partial charge >= 0.3 is 0 Å². The van der Waals surface area contributed by atoms with Crippen LogP contribution in [0.3, 0.4) is 0 Å². The number of hydrogen-bond acceptors (Lipinski definition) is 5. The molecule has 134 valence electrons. The van der Waals surface area contributed by atoms with Crippen LogP contribution in [-0.2, 0) is 6.54 Å². The van der Waals surface area contributed by atoms with E-state index in [4.69, 9.17) is 4.52 Å². The van der Waals surface area contributed by atoms with Crippen molar-refractivity contribution in [3.8, 4) is 11.3 Å². The van der Waals surface area contributed by atoms with Gasteiger partial charge in [0, 0.05) is 30.2 Å². The smallest absolute Gasteiger partial charge is 0.277 e. The van der Waals surface area contributed by atoms with Crippen molar-refractivity contribution in [3.63, 3.8) is 0 Å². The molecule has 27 heavy (non-hydrogen) atoms. The fourth-order valence-electron chi connectivity index (χ4n) is 2.57. The monoisotopic (exact) mass is 363 g/mol. The second-order valence-electron chi connectivity index (χ2n) is 5.82. The van der Waals surface area contributed by atoms with Gasteiger partial charge in [-0.15, -0.1) is 0 Å². The second-order valence-corrected chi connectivity index (χ2v) is 5.82. The van der Waals surface area contributed by atoms with Gasteiger partial charge < -0.3 is 9.84 Å². The Hall–Kier alpha value is -3.81. The molecular weight excluding hydrogens is 349 g/mol. The summed E-state index contributed by atoms with van der Waals surface area (Å²) in [5.74, 6) is -0.238. The van der Waals surface area contributed by atoms with Gasteiger partial charge in [-0.25, -0.2) is 4.39 Å².